The highest BCUT2D eigenvalue weighted by Crippen LogP contribution is 2.25. The van der Waals surface area contributed by atoms with E-state index >= 15 is 0 Å². The van der Waals surface area contributed by atoms with Crippen LogP contribution in [-0.4, -0.2) is 38.2 Å². The molecule has 1 aromatic rings. The predicted octanol–water partition coefficient (Wildman–Crippen LogP) is 2.17. The standard InChI is InChI=1S/C12H17ClN2O.ClH/c1-15(10-6-14-7-10)8-9-3-4-12(16-2)11(13)5-9;/h3-5,10,14H,6-8H2,1-2H3;1H. The molecule has 3 nitrogen and oxygen atoms in total. The van der Waals surface area contributed by atoms with Crippen molar-refractivity contribution < 1.29 is 4.74 Å². The van der Waals surface area contributed by atoms with Crippen molar-refractivity contribution >= 4 is 24.0 Å². The fourth-order valence-corrected chi connectivity index (χ4v) is 2.09. The number of hydrogen-bond donors (Lipinski definition) is 1. The van der Waals surface area contributed by atoms with E-state index in [1.807, 2.05) is 12.1 Å². The maximum Gasteiger partial charge on any atom is 0.137 e. The van der Waals surface area contributed by atoms with Crippen LogP contribution in [0.2, 0.25) is 5.02 Å². The van der Waals surface area contributed by atoms with Gasteiger partial charge in [-0.1, -0.05) is 17.7 Å². The summed E-state index contributed by atoms with van der Waals surface area (Å²) >= 11 is 6.08. The van der Waals surface area contributed by atoms with Crippen molar-refractivity contribution in [2.75, 3.05) is 27.2 Å². The Labute approximate surface area is 113 Å². The van der Waals surface area contributed by atoms with E-state index in [0.717, 1.165) is 25.4 Å². The van der Waals surface area contributed by atoms with Gasteiger partial charge in [0.15, 0.2) is 0 Å². The van der Waals surface area contributed by atoms with E-state index in [1.165, 1.54) is 5.56 Å². The molecule has 0 bridgehead atoms. The van der Waals surface area contributed by atoms with Crippen molar-refractivity contribution in [3.63, 3.8) is 0 Å². The highest BCUT2D eigenvalue weighted by molar-refractivity contribution is 6.32. The molecule has 1 fully saturated rings. The second kappa shape index (κ2) is 6.45. The average molecular weight is 277 g/mol. The number of methoxy groups -OCH3 is 1. The summed E-state index contributed by atoms with van der Waals surface area (Å²) in [5.41, 5.74) is 1.22. The molecule has 0 aliphatic carbocycles. The molecule has 0 amide bonds. The van der Waals surface area contributed by atoms with Gasteiger partial charge in [0.05, 0.1) is 12.1 Å². The molecular formula is C12H18Cl2N2O. The van der Waals surface area contributed by atoms with Crippen molar-refractivity contribution in [1.29, 1.82) is 0 Å². The Morgan fingerprint density at radius 2 is 2.18 bits per heavy atom. The first-order valence-electron chi connectivity index (χ1n) is 5.44. The number of ether oxygens (including phenoxy) is 1. The van der Waals surface area contributed by atoms with Gasteiger partial charge in [-0.3, -0.25) is 4.90 Å². The van der Waals surface area contributed by atoms with Crippen molar-refractivity contribution in [1.82, 2.24) is 10.2 Å². The first-order valence-corrected chi connectivity index (χ1v) is 5.82. The van der Waals surface area contributed by atoms with Gasteiger partial charge in [0.2, 0.25) is 0 Å². The van der Waals surface area contributed by atoms with Crippen molar-refractivity contribution in [2.24, 2.45) is 0 Å². The van der Waals surface area contributed by atoms with Crippen LogP contribution >= 0.6 is 24.0 Å². The molecule has 0 unspecified atom stereocenters. The lowest BCUT2D eigenvalue weighted by Crippen LogP contribution is -2.55. The van der Waals surface area contributed by atoms with Crippen LogP contribution in [0.4, 0.5) is 0 Å². The normalized spacial score (nSPS) is 15.3. The summed E-state index contributed by atoms with van der Waals surface area (Å²) in [6, 6.07) is 6.61. The first kappa shape index (κ1) is 14.6. The fourth-order valence-electron chi connectivity index (χ4n) is 1.81. The Bertz CT molecular complexity index is 370. The number of rotatable bonds is 4. The Hall–Kier alpha value is -0.480. The van der Waals surface area contributed by atoms with Crippen molar-refractivity contribution in [3.8, 4) is 5.75 Å². The summed E-state index contributed by atoms with van der Waals surface area (Å²) in [6.07, 6.45) is 0. The predicted molar refractivity (Wildman–Crippen MR) is 73.4 cm³/mol. The number of hydrogen-bond acceptors (Lipinski definition) is 3. The third-order valence-electron chi connectivity index (χ3n) is 3.03. The summed E-state index contributed by atoms with van der Waals surface area (Å²) < 4.78 is 5.13. The summed E-state index contributed by atoms with van der Waals surface area (Å²) in [7, 11) is 3.77. The van der Waals surface area contributed by atoms with E-state index in [9.17, 15) is 0 Å². The van der Waals surface area contributed by atoms with Crippen LogP contribution in [0.15, 0.2) is 18.2 Å². The van der Waals surface area contributed by atoms with E-state index in [-0.39, 0.29) is 12.4 Å². The molecule has 1 aromatic carbocycles. The van der Waals surface area contributed by atoms with Crippen molar-refractivity contribution in [2.45, 2.75) is 12.6 Å². The molecule has 1 aliphatic rings. The van der Waals surface area contributed by atoms with Crippen LogP contribution in [0.5, 0.6) is 5.75 Å². The molecule has 5 heteroatoms. The van der Waals surface area contributed by atoms with Gasteiger partial charge in [-0.05, 0) is 24.7 Å². The lowest BCUT2D eigenvalue weighted by molar-refractivity contribution is 0.173. The van der Waals surface area contributed by atoms with E-state index in [4.69, 9.17) is 16.3 Å². The largest absolute Gasteiger partial charge is 0.495 e. The smallest absolute Gasteiger partial charge is 0.137 e. The molecule has 0 atom stereocenters. The molecule has 0 radical (unpaired) electrons. The molecule has 0 saturated carbocycles. The average Bonchev–Trinajstić information content (AvgIpc) is 2.15. The Morgan fingerprint density at radius 3 is 2.65 bits per heavy atom. The molecule has 96 valence electrons. The minimum Gasteiger partial charge on any atom is -0.495 e. The van der Waals surface area contributed by atoms with Gasteiger partial charge >= 0.3 is 0 Å². The van der Waals surface area contributed by atoms with Gasteiger partial charge in [-0.2, -0.15) is 0 Å². The molecule has 1 heterocycles. The molecule has 0 spiro atoms. The summed E-state index contributed by atoms with van der Waals surface area (Å²) in [5, 5.41) is 3.95. The molecule has 1 aliphatic heterocycles. The zero-order chi connectivity index (χ0) is 11.5. The Morgan fingerprint density at radius 1 is 1.47 bits per heavy atom. The highest BCUT2D eigenvalue weighted by Gasteiger charge is 2.21. The summed E-state index contributed by atoms with van der Waals surface area (Å²) in [4.78, 5) is 2.34. The van der Waals surface area contributed by atoms with E-state index in [0.29, 0.717) is 11.1 Å². The number of nitrogens with zero attached hydrogens (tertiary/aromatic N) is 1. The highest BCUT2D eigenvalue weighted by atomic mass is 35.5. The monoisotopic (exact) mass is 276 g/mol. The van der Waals surface area contributed by atoms with Crippen LogP contribution in [0.3, 0.4) is 0 Å². The maximum atomic E-state index is 6.08. The third kappa shape index (κ3) is 3.49. The van der Waals surface area contributed by atoms with Crippen LogP contribution < -0.4 is 10.1 Å². The van der Waals surface area contributed by atoms with Crippen molar-refractivity contribution in [3.05, 3.63) is 28.8 Å². The minimum absolute atomic E-state index is 0. The summed E-state index contributed by atoms with van der Waals surface area (Å²) in [6.45, 7) is 3.09. The van der Waals surface area contributed by atoms with Gasteiger partial charge in [0.25, 0.3) is 0 Å². The molecule has 17 heavy (non-hydrogen) atoms. The quantitative estimate of drug-likeness (QED) is 0.913. The number of likely N-dealkylation sites (N-methyl/N-ethyl adjacent to an activating group) is 1. The third-order valence-corrected chi connectivity index (χ3v) is 3.33. The minimum atomic E-state index is 0. The van der Waals surface area contributed by atoms with Gasteiger partial charge in [0, 0.05) is 25.7 Å². The number of halogens is 2. The van der Waals surface area contributed by atoms with Crippen LogP contribution in [0, 0.1) is 0 Å². The molecular weight excluding hydrogens is 259 g/mol. The van der Waals surface area contributed by atoms with E-state index in [2.05, 4.69) is 23.3 Å². The zero-order valence-electron chi connectivity index (χ0n) is 10.1. The van der Waals surface area contributed by atoms with E-state index in [1.54, 1.807) is 7.11 Å². The van der Waals surface area contributed by atoms with Crippen LogP contribution in [0.25, 0.3) is 0 Å². The van der Waals surface area contributed by atoms with Gasteiger partial charge in [-0.15, -0.1) is 12.4 Å². The van der Waals surface area contributed by atoms with Gasteiger partial charge in [0.1, 0.15) is 5.75 Å². The maximum absolute atomic E-state index is 6.08. The molecule has 0 aromatic heterocycles. The van der Waals surface area contributed by atoms with Crippen LogP contribution in [0.1, 0.15) is 5.56 Å². The zero-order valence-corrected chi connectivity index (χ0v) is 11.6. The fraction of sp³-hybridized carbons (Fsp3) is 0.500. The second-order valence-corrected chi connectivity index (χ2v) is 4.60. The summed E-state index contributed by atoms with van der Waals surface area (Å²) in [5.74, 6) is 0.735. The Balaban J connectivity index is 0.00000144. The number of nitrogens with one attached hydrogen (secondary N) is 1. The van der Waals surface area contributed by atoms with Gasteiger partial charge < -0.3 is 10.1 Å². The Kier molecular flexibility index (Phi) is 5.53. The SMILES string of the molecule is COc1ccc(CN(C)C2CNC2)cc1Cl.Cl. The lowest BCUT2D eigenvalue weighted by atomic mass is 10.1. The van der Waals surface area contributed by atoms with E-state index < -0.39 is 0 Å². The second-order valence-electron chi connectivity index (χ2n) is 4.20. The lowest BCUT2D eigenvalue weighted by Gasteiger charge is -2.35. The molecule has 2 rings (SSSR count). The topological polar surface area (TPSA) is 24.5 Å². The van der Waals surface area contributed by atoms with Gasteiger partial charge in [-0.25, -0.2) is 0 Å². The molecule has 1 N–H and O–H groups in total. The van der Waals surface area contributed by atoms with Crippen LogP contribution in [-0.2, 0) is 6.54 Å². The number of benzene rings is 1. The molecule has 1 saturated heterocycles. The first-order chi connectivity index (χ1) is 7.70.